The minimum absolute atomic E-state index is 0.206. The summed E-state index contributed by atoms with van der Waals surface area (Å²) in [6.45, 7) is 3.90. The van der Waals surface area contributed by atoms with E-state index in [1.54, 1.807) is 24.5 Å². The van der Waals surface area contributed by atoms with E-state index in [2.05, 4.69) is 33.4 Å². The van der Waals surface area contributed by atoms with Crippen LogP contribution in [0.4, 0.5) is 5.69 Å². The molecule has 1 N–H and O–H groups in total. The Hall–Kier alpha value is -2.70. The molecular weight excluding hydrogens is 448 g/mol. The van der Waals surface area contributed by atoms with E-state index in [1.807, 2.05) is 50.2 Å². The van der Waals surface area contributed by atoms with Crippen molar-refractivity contribution in [1.29, 1.82) is 0 Å². The average molecular weight is 467 g/mol. The van der Waals surface area contributed by atoms with Crippen molar-refractivity contribution in [3.05, 3.63) is 75.8 Å². The molecule has 3 aromatic carbocycles. The van der Waals surface area contributed by atoms with Crippen molar-refractivity contribution >= 4 is 49.1 Å². The van der Waals surface area contributed by atoms with Gasteiger partial charge in [0.2, 0.25) is 0 Å². The number of benzene rings is 3. The Morgan fingerprint density at radius 3 is 2.59 bits per heavy atom. The fourth-order valence-electron chi connectivity index (χ4n) is 3.29. The maximum absolute atomic E-state index is 12.9. The van der Waals surface area contributed by atoms with Crippen molar-refractivity contribution in [2.75, 3.05) is 12.4 Å². The highest BCUT2D eigenvalue weighted by Crippen LogP contribution is 2.33. The number of halogens is 1. The van der Waals surface area contributed by atoms with Crippen LogP contribution in [0.15, 0.2) is 59.1 Å². The molecule has 146 valence electrons. The Labute approximate surface area is 181 Å². The van der Waals surface area contributed by atoms with Crippen LogP contribution in [0.25, 0.3) is 20.8 Å². The lowest BCUT2D eigenvalue weighted by Gasteiger charge is -2.14. The van der Waals surface area contributed by atoms with Gasteiger partial charge in [0.15, 0.2) is 0 Å². The van der Waals surface area contributed by atoms with E-state index in [-0.39, 0.29) is 5.91 Å². The lowest BCUT2D eigenvalue weighted by Crippen LogP contribution is -2.14. The number of nitrogens with one attached hydrogen (secondary N) is 1. The number of rotatable bonds is 4. The third-order valence-corrected chi connectivity index (χ3v) is 6.25. The number of nitrogens with zero attached hydrogens (tertiary/aromatic N) is 1. The first kappa shape index (κ1) is 19.6. The second-order valence-corrected chi connectivity index (χ2v) is 8.72. The van der Waals surface area contributed by atoms with Gasteiger partial charge in [-0.25, -0.2) is 4.98 Å². The summed E-state index contributed by atoms with van der Waals surface area (Å²) >= 11 is 5.12. The number of aryl methyl sites for hydroxylation is 2. The molecule has 0 unspecified atom stereocenters. The van der Waals surface area contributed by atoms with E-state index in [9.17, 15) is 4.79 Å². The van der Waals surface area contributed by atoms with Crippen LogP contribution in [0.3, 0.4) is 0 Å². The van der Waals surface area contributed by atoms with Gasteiger partial charge in [-0.1, -0.05) is 28.1 Å². The number of thiazole rings is 1. The summed E-state index contributed by atoms with van der Waals surface area (Å²) in [4.78, 5) is 17.6. The van der Waals surface area contributed by atoms with Crippen molar-refractivity contribution < 1.29 is 9.53 Å². The van der Waals surface area contributed by atoms with E-state index in [0.29, 0.717) is 11.3 Å². The van der Waals surface area contributed by atoms with Crippen LogP contribution in [0.5, 0.6) is 5.75 Å². The van der Waals surface area contributed by atoms with Gasteiger partial charge < -0.3 is 10.1 Å². The molecule has 0 aliphatic rings. The van der Waals surface area contributed by atoms with Crippen molar-refractivity contribution in [1.82, 2.24) is 4.98 Å². The smallest absolute Gasteiger partial charge is 0.259 e. The number of anilines is 1. The second-order valence-electron chi connectivity index (χ2n) is 6.77. The lowest BCUT2D eigenvalue weighted by molar-refractivity contribution is 0.102. The maximum Gasteiger partial charge on any atom is 0.259 e. The van der Waals surface area contributed by atoms with Crippen molar-refractivity contribution in [3.8, 4) is 16.3 Å². The van der Waals surface area contributed by atoms with Gasteiger partial charge in [0.25, 0.3) is 5.91 Å². The SMILES string of the molecule is COc1c(C)cc(Br)cc1C(=O)Nc1ccc(-c2nc3ccccc3s2)cc1C. The van der Waals surface area contributed by atoms with Gasteiger partial charge in [-0.2, -0.15) is 0 Å². The molecule has 29 heavy (non-hydrogen) atoms. The first-order valence-electron chi connectivity index (χ1n) is 9.08. The van der Waals surface area contributed by atoms with Gasteiger partial charge in [0.1, 0.15) is 10.8 Å². The number of para-hydroxylation sites is 1. The number of carbonyl (C=O) groups is 1. The Balaban J connectivity index is 1.63. The molecule has 1 heterocycles. The summed E-state index contributed by atoms with van der Waals surface area (Å²) in [6, 6.07) is 17.8. The Kier molecular flexibility index (Phi) is 5.39. The quantitative estimate of drug-likeness (QED) is 0.368. The number of methoxy groups -OCH3 is 1. The Morgan fingerprint density at radius 1 is 1.07 bits per heavy atom. The van der Waals surface area contributed by atoms with Crippen molar-refractivity contribution in [2.45, 2.75) is 13.8 Å². The summed E-state index contributed by atoms with van der Waals surface area (Å²) in [7, 11) is 1.57. The molecule has 0 spiro atoms. The van der Waals surface area contributed by atoms with E-state index in [4.69, 9.17) is 9.72 Å². The number of aromatic nitrogens is 1. The fraction of sp³-hybridized carbons (Fsp3) is 0.130. The number of ether oxygens (including phenoxy) is 1. The minimum Gasteiger partial charge on any atom is -0.496 e. The fourth-order valence-corrected chi connectivity index (χ4v) is 4.83. The molecule has 0 aliphatic heterocycles. The van der Waals surface area contributed by atoms with E-state index >= 15 is 0 Å². The third kappa shape index (κ3) is 3.91. The predicted molar refractivity (Wildman–Crippen MR) is 123 cm³/mol. The molecule has 0 atom stereocenters. The van der Waals surface area contributed by atoms with Crippen LogP contribution >= 0.6 is 27.3 Å². The zero-order valence-electron chi connectivity index (χ0n) is 16.2. The van der Waals surface area contributed by atoms with Gasteiger partial charge in [0.05, 0.1) is 22.9 Å². The molecule has 0 bridgehead atoms. The molecule has 1 amide bonds. The van der Waals surface area contributed by atoms with Crippen molar-refractivity contribution in [3.63, 3.8) is 0 Å². The van der Waals surface area contributed by atoms with Gasteiger partial charge >= 0.3 is 0 Å². The van der Waals surface area contributed by atoms with E-state index in [0.717, 1.165) is 42.1 Å². The lowest BCUT2D eigenvalue weighted by atomic mass is 10.1. The molecule has 4 aromatic rings. The van der Waals surface area contributed by atoms with Gasteiger partial charge in [-0.05, 0) is 67.4 Å². The zero-order valence-corrected chi connectivity index (χ0v) is 18.6. The maximum atomic E-state index is 12.9. The molecule has 4 nitrogen and oxygen atoms in total. The highest BCUT2D eigenvalue weighted by molar-refractivity contribution is 9.10. The Morgan fingerprint density at radius 2 is 1.86 bits per heavy atom. The summed E-state index contributed by atoms with van der Waals surface area (Å²) in [5.41, 5.74) is 5.17. The minimum atomic E-state index is -0.206. The molecule has 4 rings (SSSR count). The topological polar surface area (TPSA) is 51.2 Å². The molecule has 6 heteroatoms. The summed E-state index contributed by atoms with van der Waals surface area (Å²) in [6.07, 6.45) is 0. The van der Waals surface area contributed by atoms with Crippen LogP contribution in [0.1, 0.15) is 21.5 Å². The summed E-state index contributed by atoms with van der Waals surface area (Å²) < 4.78 is 7.44. The molecule has 0 saturated carbocycles. The largest absolute Gasteiger partial charge is 0.496 e. The highest BCUT2D eigenvalue weighted by Gasteiger charge is 2.17. The number of carbonyl (C=O) groups excluding carboxylic acids is 1. The second kappa shape index (κ2) is 7.97. The van der Waals surface area contributed by atoms with Crippen LogP contribution < -0.4 is 10.1 Å². The van der Waals surface area contributed by atoms with Gasteiger partial charge in [-0.3, -0.25) is 4.79 Å². The van der Waals surface area contributed by atoms with Crippen molar-refractivity contribution in [2.24, 2.45) is 0 Å². The van der Waals surface area contributed by atoms with Gasteiger partial charge in [-0.15, -0.1) is 11.3 Å². The van der Waals surface area contributed by atoms with Crippen LogP contribution in [-0.2, 0) is 0 Å². The van der Waals surface area contributed by atoms with E-state index < -0.39 is 0 Å². The normalized spacial score (nSPS) is 10.9. The molecule has 0 saturated heterocycles. The van der Waals surface area contributed by atoms with Gasteiger partial charge in [0, 0.05) is 15.7 Å². The van der Waals surface area contributed by atoms with Crippen LogP contribution in [0.2, 0.25) is 0 Å². The highest BCUT2D eigenvalue weighted by atomic mass is 79.9. The third-order valence-electron chi connectivity index (χ3n) is 4.70. The average Bonchev–Trinajstić information content (AvgIpc) is 3.13. The van der Waals surface area contributed by atoms with Crippen LogP contribution in [0, 0.1) is 13.8 Å². The summed E-state index contributed by atoms with van der Waals surface area (Å²) in [5, 5.41) is 3.97. The van der Waals surface area contributed by atoms with Crippen LogP contribution in [-0.4, -0.2) is 18.0 Å². The number of hydrogen-bond donors (Lipinski definition) is 1. The monoisotopic (exact) mass is 466 g/mol. The number of hydrogen-bond acceptors (Lipinski definition) is 4. The number of amides is 1. The zero-order chi connectivity index (χ0) is 20.5. The summed E-state index contributed by atoms with van der Waals surface area (Å²) in [5.74, 6) is 0.372. The number of fused-ring (bicyclic) bond motifs is 1. The molecule has 1 aromatic heterocycles. The standard InChI is InChI=1S/C23H19BrN2O2S/c1-13-10-15(23-26-19-6-4-5-7-20(19)29-23)8-9-18(13)25-22(27)17-12-16(24)11-14(2)21(17)28-3/h4-12H,1-3H3,(H,25,27). The molecule has 0 fully saturated rings. The first-order valence-corrected chi connectivity index (χ1v) is 10.7. The Bertz CT molecular complexity index is 1200. The molecule has 0 aliphatic carbocycles. The molecule has 0 radical (unpaired) electrons. The van der Waals surface area contributed by atoms with E-state index in [1.165, 1.54) is 0 Å². The predicted octanol–water partition coefficient (Wildman–Crippen LogP) is 6.60. The molecular formula is C23H19BrN2O2S. The first-order chi connectivity index (χ1) is 14.0.